The summed E-state index contributed by atoms with van der Waals surface area (Å²) in [6, 6.07) is 5.82. The first-order valence-corrected chi connectivity index (χ1v) is 10.8. The number of ether oxygens (including phenoxy) is 1. The van der Waals surface area contributed by atoms with E-state index in [0.717, 1.165) is 24.0 Å². The number of amides is 1. The smallest absolute Gasteiger partial charge is 0.410 e. The zero-order valence-corrected chi connectivity index (χ0v) is 16.2. The molecular formula is C19H27NO4S. The van der Waals surface area contributed by atoms with Crippen LogP contribution in [0.3, 0.4) is 0 Å². The first kappa shape index (κ1) is 18.2. The fourth-order valence-electron chi connectivity index (χ4n) is 3.35. The van der Waals surface area contributed by atoms with Crippen molar-refractivity contribution in [3.8, 4) is 0 Å². The molecule has 0 N–H and O–H groups in total. The van der Waals surface area contributed by atoms with Crippen molar-refractivity contribution < 1.29 is 17.9 Å². The van der Waals surface area contributed by atoms with E-state index >= 15 is 0 Å². The molecule has 2 fully saturated rings. The van der Waals surface area contributed by atoms with E-state index in [-0.39, 0.29) is 12.0 Å². The summed E-state index contributed by atoms with van der Waals surface area (Å²) >= 11 is 0. The fourth-order valence-corrected chi connectivity index (χ4v) is 4.36. The number of sulfone groups is 1. The van der Waals surface area contributed by atoms with Gasteiger partial charge in [0.2, 0.25) is 0 Å². The minimum absolute atomic E-state index is 0.170. The Morgan fingerprint density at radius 3 is 2.28 bits per heavy atom. The predicted molar refractivity (Wildman–Crippen MR) is 96.7 cm³/mol. The first-order chi connectivity index (χ1) is 11.5. The molecule has 1 aromatic carbocycles. The van der Waals surface area contributed by atoms with Crippen molar-refractivity contribution >= 4 is 15.9 Å². The second kappa shape index (κ2) is 6.31. The third-order valence-electron chi connectivity index (χ3n) is 4.99. The Balaban J connectivity index is 1.73. The molecule has 1 saturated heterocycles. The second-order valence-corrected chi connectivity index (χ2v) is 10.3. The Hall–Kier alpha value is -1.56. The van der Waals surface area contributed by atoms with E-state index in [4.69, 9.17) is 4.74 Å². The highest BCUT2D eigenvalue weighted by molar-refractivity contribution is 7.90. The molecule has 0 radical (unpaired) electrons. The number of nitrogens with zero attached hydrogens (tertiary/aromatic N) is 1. The molecule has 1 aromatic rings. The Morgan fingerprint density at radius 1 is 1.16 bits per heavy atom. The summed E-state index contributed by atoms with van der Waals surface area (Å²) in [5.41, 5.74) is 1.44. The lowest BCUT2D eigenvalue weighted by Crippen LogP contribution is -2.50. The van der Waals surface area contributed by atoms with Crippen LogP contribution in [0.2, 0.25) is 0 Å². The summed E-state index contributed by atoms with van der Waals surface area (Å²) in [5, 5.41) is 0. The van der Waals surface area contributed by atoms with Gasteiger partial charge in [0.1, 0.15) is 5.60 Å². The van der Waals surface area contributed by atoms with Crippen molar-refractivity contribution in [3.63, 3.8) is 0 Å². The molecule has 1 heterocycles. The quantitative estimate of drug-likeness (QED) is 0.819. The number of rotatable bonds is 3. The monoisotopic (exact) mass is 365 g/mol. The lowest BCUT2D eigenvalue weighted by atomic mass is 9.79. The maximum Gasteiger partial charge on any atom is 0.410 e. The zero-order chi connectivity index (χ0) is 18.4. The molecule has 25 heavy (non-hydrogen) atoms. The highest BCUT2D eigenvalue weighted by atomic mass is 32.2. The Morgan fingerprint density at radius 2 is 1.80 bits per heavy atom. The SMILES string of the molecule is CC(C)(C)OC(=O)N1CC(c2ccc(C3CCC3)c(S(C)(=O)=O)c2)C1. The van der Waals surface area contributed by atoms with Gasteiger partial charge in [0.15, 0.2) is 9.84 Å². The van der Waals surface area contributed by atoms with Crippen LogP contribution in [0.5, 0.6) is 0 Å². The van der Waals surface area contributed by atoms with Crippen LogP contribution in [0.25, 0.3) is 0 Å². The van der Waals surface area contributed by atoms with Crippen molar-refractivity contribution in [2.45, 2.75) is 62.4 Å². The molecule has 0 atom stereocenters. The van der Waals surface area contributed by atoms with E-state index < -0.39 is 15.4 Å². The van der Waals surface area contributed by atoms with Gasteiger partial charge < -0.3 is 9.64 Å². The van der Waals surface area contributed by atoms with Gasteiger partial charge in [-0.1, -0.05) is 18.6 Å². The van der Waals surface area contributed by atoms with Crippen LogP contribution in [0.15, 0.2) is 23.1 Å². The molecule has 1 aliphatic carbocycles. The fraction of sp³-hybridized carbons (Fsp3) is 0.632. The highest BCUT2D eigenvalue weighted by Crippen LogP contribution is 2.41. The minimum atomic E-state index is -3.25. The van der Waals surface area contributed by atoms with Gasteiger partial charge in [-0.05, 0) is 56.7 Å². The van der Waals surface area contributed by atoms with Crippen LogP contribution in [-0.2, 0) is 14.6 Å². The minimum Gasteiger partial charge on any atom is -0.444 e. The van der Waals surface area contributed by atoms with Crippen LogP contribution in [-0.4, -0.2) is 44.4 Å². The van der Waals surface area contributed by atoms with Gasteiger partial charge >= 0.3 is 6.09 Å². The Kier molecular flexibility index (Phi) is 4.60. The summed E-state index contributed by atoms with van der Waals surface area (Å²) in [7, 11) is -3.25. The van der Waals surface area contributed by atoms with E-state index in [1.165, 1.54) is 12.7 Å². The maximum atomic E-state index is 12.2. The van der Waals surface area contributed by atoms with Gasteiger partial charge in [-0.15, -0.1) is 0 Å². The van der Waals surface area contributed by atoms with E-state index in [2.05, 4.69) is 0 Å². The predicted octanol–water partition coefficient (Wildman–Crippen LogP) is 3.69. The number of hydrogen-bond donors (Lipinski definition) is 0. The number of hydrogen-bond acceptors (Lipinski definition) is 4. The molecule has 6 heteroatoms. The lowest BCUT2D eigenvalue weighted by molar-refractivity contribution is 0.00817. The molecule has 1 aliphatic heterocycles. The van der Waals surface area contributed by atoms with Crippen molar-refractivity contribution in [2.75, 3.05) is 19.3 Å². The van der Waals surface area contributed by atoms with E-state index in [1.807, 2.05) is 39.0 Å². The summed E-state index contributed by atoms with van der Waals surface area (Å²) in [6.07, 6.45) is 4.28. The van der Waals surface area contributed by atoms with E-state index in [9.17, 15) is 13.2 Å². The summed E-state index contributed by atoms with van der Waals surface area (Å²) in [6.45, 7) is 6.68. The molecule has 5 nitrogen and oxygen atoms in total. The van der Waals surface area contributed by atoms with E-state index in [1.54, 1.807) is 4.90 Å². The summed E-state index contributed by atoms with van der Waals surface area (Å²) in [5.74, 6) is 0.543. The Labute approximate surface area is 150 Å². The average Bonchev–Trinajstić information content (AvgIpc) is 2.32. The number of benzene rings is 1. The third kappa shape index (κ3) is 4.00. The van der Waals surface area contributed by atoms with E-state index in [0.29, 0.717) is 23.9 Å². The van der Waals surface area contributed by atoms with Crippen LogP contribution < -0.4 is 0 Å². The summed E-state index contributed by atoms with van der Waals surface area (Å²) in [4.78, 5) is 14.2. The average molecular weight is 365 g/mol. The van der Waals surface area contributed by atoms with Crippen LogP contribution in [0.1, 0.15) is 63.0 Å². The molecule has 1 amide bonds. The van der Waals surface area contributed by atoms with Crippen LogP contribution >= 0.6 is 0 Å². The van der Waals surface area contributed by atoms with Gasteiger partial charge in [-0.2, -0.15) is 0 Å². The van der Waals surface area contributed by atoms with Gasteiger partial charge in [-0.25, -0.2) is 13.2 Å². The number of likely N-dealkylation sites (tertiary alicyclic amines) is 1. The molecular weight excluding hydrogens is 338 g/mol. The first-order valence-electron chi connectivity index (χ1n) is 8.86. The van der Waals surface area contributed by atoms with Crippen molar-refractivity contribution in [3.05, 3.63) is 29.3 Å². The third-order valence-corrected chi connectivity index (χ3v) is 6.14. The standard InChI is InChI=1S/C19H27NO4S/c1-19(2,3)24-18(21)20-11-15(12-20)14-8-9-16(13-6-5-7-13)17(10-14)25(4,22)23/h8-10,13,15H,5-7,11-12H2,1-4H3. The molecule has 0 bridgehead atoms. The topological polar surface area (TPSA) is 63.7 Å². The number of carbonyl (C=O) groups is 1. The second-order valence-electron chi connectivity index (χ2n) is 8.28. The molecule has 2 aliphatic rings. The lowest BCUT2D eigenvalue weighted by Gasteiger charge is -2.40. The van der Waals surface area contributed by atoms with Crippen molar-refractivity contribution in [2.24, 2.45) is 0 Å². The van der Waals surface area contributed by atoms with Gasteiger partial charge in [0.25, 0.3) is 0 Å². The van der Waals surface area contributed by atoms with Gasteiger partial charge in [0, 0.05) is 25.3 Å². The molecule has 138 valence electrons. The van der Waals surface area contributed by atoms with Gasteiger partial charge in [0.05, 0.1) is 4.90 Å². The molecule has 3 rings (SSSR count). The maximum absolute atomic E-state index is 12.2. The summed E-state index contributed by atoms with van der Waals surface area (Å²) < 4.78 is 29.8. The normalized spacial score (nSPS) is 19.3. The van der Waals surface area contributed by atoms with Crippen molar-refractivity contribution in [1.29, 1.82) is 0 Å². The molecule has 0 aromatic heterocycles. The molecule has 0 spiro atoms. The van der Waals surface area contributed by atoms with Gasteiger partial charge in [-0.3, -0.25) is 0 Å². The van der Waals surface area contributed by atoms with Crippen LogP contribution in [0, 0.1) is 0 Å². The Bertz CT molecular complexity index is 769. The molecule has 1 saturated carbocycles. The van der Waals surface area contributed by atoms with Crippen molar-refractivity contribution in [1.82, 2.24) is 4.90 Å². The zero-order valence-electron chi connectivity index (χ0n) is 15.4. The highest BCUT2D eigenvalue weighted by Gasteiger charge is 2.35. The van der Waals surface area contributed by atoms with Crippen LogP contribution in [0.4, 0.5) is 4.79 Å². The number of carbonyl (C=O) groups excluding carboxylic acids is 1. The molecule has 0 unspecified atom stereocenters. The largest absolute Gasteiger partial charge is 0.444 e.